The second kappa shape index (κ2) is 7.70. The topological polar surface area (TPSA) is 78.2 Å². The van der Waals surface area contributed by atoms with Gasteiger partial charge in [0, 0.05) is 6.54 Å². The molecule has 2 rings (SSSR count). The van der Waals surface area contributed by atoms with Crippen LogP contribution in [0.3, 0.4) is 0 Å². The minimum absolute atomic E-state index is 0.0633. The zero-order valence-corrected chi connectivity index (χ0v) is 13.5. The highest BCUT2D eigenvalue weighted by Crippen LogP contribution is 2.30. The lowest BCUT2D eigenvalue weighted by Crippen LogP contribution is -2.26. The van der Waals surface area contributed by atoms with E-state index >= 15 is 0 Å². The molecule has 0 bridgehead atoms. The number of nitrogens with zero attached hydrogens (tertiary/aromatic N) is 2. The van der Waals surface area contributed by atoms with Gasteiger partial charge in [0.15, 0.2) is 5.15 Å². The number of aliphatic hydroxyl groups excluding tert-OH is 1. The molecule has 0 radical (unpaired) electrons. The lowest BCUT2D eigenvalue weighted by molar-refractivity contribution is -0.137. The summed E-state index contributed by atoms with van der Waals surface area (Å²) in [4.78, 5) is 0. The van der Waals surface area contributed by atoms with Gasteiger partial charge in [-0.3, -0.25) is 0 Å². The van der Waals surface area contributed by atoms with Crippen LogP contribution < -0.4 is 10.1 Å². The molecule has 2 aromatic rings. The first-order chi connectivity index (χ1) is 11.3. The molecular formula is C14H11ClF3N3O2S. The Morgan fingerprint density at radius 2 is 2.04 bits per heavy atom. The fourth-order valence-corrected chi connectivity index (χ4v) is 2.63. The first kappa shape index (κ1) is 18.3. The number of aromatic nitrogens is 1. The van der Waals surface area contributed by atoms with Crippen LogP contribution in [0.25, 0.3) is 0 Å². The van der Waals surface area contributed by atoms with Crippen molar-refractivity contribution >= 4 is 28.1 Å². The third kappa shape index (κ3) is 4.74. The van der Waals surface area contributed by atoms with Crippen LogP contribution in [0.2, 0.25) is 5.15 Å². The van der Waals surface area contributed by atoms with Gasteiger partial charge in [-0.1, -0.05) is 11.6 Å². The first-order valence-corrected chi connectivity index (χ1v) is 7.73. The van der Waals surface area contributed by atoms with Crippen LogP contribution in [0, 0.1) is 11.3 Å². The van der Waals surface area contributed by atoms with Crippen LogP contribution >= 0.6 is 23.1 Å². The van der Waals surface area contributed by atoms with Crippen molar-refractivity contribution in [2.75, 3.05) is 18.5 Å². The number of alkyl halides is 3. The van der Waals surface area contributed by atoms with Crippen molar-refractivity contribution in [2.24, 2.45) is 0 Å². The van der Waals surface area contributed by atoms with Crippen LogP contribution in [0.1, 0.15) is 11.1 Å². The van der Waals surface area contributed by atoms with Gasteiger partial charge in [0.25, 0.3) is 0 Å². The molecule has 0 aliphatic heterocycles. The monoisotopic (exact) mass is 377 g/mol. The molecule has 5 nitrogen and oxygen atoms in total. The number of halogens is 4. The van der Waals surface area contributed by atoms with Crippen molar-refractivity contribution < 1.29 is 23.0 Å². The molecule has 0 fully saturated rings. The Hall–Kier alpha value is -2.02. The summed E-state index contributed by atoms with van der Waals surface area (Å²) in [5.74, 6) is 0.209. The molecule has 128 valence electrons. The van der Waals surface area contributed by atoms with Crippen molar-refractivity contribution in [1.29, 1.82) is 5.26 Å². The van der Waals surface area contributed by atoms with E-state index in [1.807, 2.05) is 6.07 Å². The van der Waals surface area contributed by atoms with Gasteiger partial charge in [0.05, 0.1) is 5.56 Å². The van der Waals surface area contributed by atoms with E-state index in [0.717, 1.165) is 23.7 Å². The van der Waals surface area contributed by atoms with E-state index in [1.54, 1.807) is 0 Å². The fraction of sp³-hybridized carbons (Fsp3) is 0.286. The van der Waals surface area contributed by atoms with Gasteiger partial charge in [-0.05, 0) is 35.8 Å². The Balaban J connectivity index is 1.83. The molecule has 1 aromatic heterocycles. The summed E-state index contributed by atoms with van der Waals surface area (Å²) in [5.41, 5.74) is -0.583. The molecule has 1 atom stereocenters. The van der Waals surface area contributed by atoms with Gasteiger partial charge >= 0.3 is 6.18 Å². The Kier molecular flexibility index (Phi) is 5.88. The average molecular weight is 378 g/mol. The van der Waals surface area contributed by atoms with Gasteiger partial charge in [0.1, 0.15) is 35.1 Å². The van der Waals surface area contributed by atoms with E-state index in [1.165, 1.54) is 12.1 Å². The van der Waals surface area contributed by atoms with Gasteiger partial charge < -0.3 is 15.2 Å². The van der Waals surface area contributed by atoms with Gasteiger partial charge in [-0.25, -0.2) is 0 Å². The standard InChI is InChI=1S/C14H11ClF3N3O2S/c15-12-11(5-19)13(24-21-12)20-6-9(22)7-23-10-3-1-8(2-4-10)14(16,17)18/h1-4,9,20,22H,6-7H2. The molecule has 24 heavy (non-hydrogen) atoms. The van der Waals surface area contributed by atoms with E-state index in [9.17, 15) is 18.3 Å². The maximum Gasteiger partial charge on any atom is 0.416 e. The second-order valence-corrected chi connectivity index (χ2v) is 5.79. The SMILES string of the molecule is N#Cc1c(Cl)nsc1NCC(O)COc1ccc(C(F)(F)F)cc1. The average Bonchev–Trinajstić information content (AvgIpc) is 2.90. The zero-order chi connectivity index (χ0) is 17.7. The molecular weight excluding hydrogens is 367 g/mol. The first-order valence-electron chi connectivity index (χ1n) is 6.58. The fourth-order valence-electron chi connectivity index (χ4n) is 1.69. The quantitative estimate of drug-likeness (QED) is 0.805. The van der Waals surface area contributed by atoms with Crippen molar-refractivity contribution in [2.45, 2.75) is 12.3 Å². The summed E-state index contributed by atoms with van der Waals surface area (Å²) >= 11 is 6.70. The molecule has 1 unspecified atom stereocenters. The summed E-state index contributed by atoms with van der Waals surface area (Å²) in [5, 5.41) is 22.1. The summed E-state index contributed by atoms with van der Waals surface area (Å²) in [6.45, 7) is -0.0688. The Labute approximate surface area is 144 Å². The summed E-state index contributed by atoms with van der Waals surface area (Å²) in [6.07, 6.45) is -5.35. The number of hydrogen-bond acceptors (Lipinski definition) is 6. The van der Waals surface area contributed by atoms with Gasteiger partial charge in [0.2, 0.25) is 0 Å². The smallest absolute Gasteiger partial charge is 0.416 e. The number of ether oxygens (including phenoxy) is 1. The molecule has 1 heterocycles. The number of anilines is 1. The summed E-state index contributed by atoms with van der Waals surface area (Å²) in [6, 6.07) is 6.05. The molecule has 0 saturated carbocycles. The van der Waals surface area contributed by atoms with E-state index in [0.29, 0.717) is 5.00 Å². The Morgan fingerprint density at radius 3 is 2.62 bits per heavy atom. The summed E-state index contributed by atoms with van der Waals surface area (Å²) in [7, 11) is 0. The predicted octanol–water partition coefficient (Wildman–Crippen LogP) is 3.54. The number of aliphatic hydroxyl groups is 1. The normalized spacial score (nSPS) is 12.5. The number of rotatable bonds is 6. The maximum absolute atomic E-state index is 12.4. The molecule has 0 amide bonds. The van der Waals surface area contributed by atoms with Crippen molar-refractivity contribution in [3.8, 4) is 11.8 Å². The Bertz CT molecular complexity index is 728. The van der Waals surface area contributed by atoms with E-state index in [-0.39, 0.29) is 29.6 Å². The lowest BCUT2D eigenvalue weighted by Gasteiger charge is -2.14. The molecule has 0 aliphatic rings. The molecule has 1 aromatic carbocycles. The predicted molar refractivity (Wildman–Crippen MR) is 83.3 cm³/mol. The molecule has 0 saturated heterocycles. The highest BCUT2D eigenvalue weighted by atomic mass is 35.5. The maximum atomic E-state index is 12.4. The number of nitriles is 1. The highest BCUT2D eigenvalue weighted by Gasteiger charge is 2.30. The van der Waals surface area contributed by atoms with Crippen LogP contribution in [0.15, 0.2) is 24.3 Å². The van der Waals surface area contributed by atoms with E-state index in [4.69, 9.17) is 21.6 Å². The van der Waals surface area contributed by atoms with Crippen molar-refractivity contribution in [3.63, 3.8) is 0 Å². The van der Waals surface area contributed by atoms with Crippen molar-refractivity contribution in [3.05, 3.63) is 40.5 Å². The second-order valence-electron chi connectivity index (χ2n) is 4.66. The third-order valence-corrected chi connectivity index (χ3v) is 4.06. The molecule has 0 aliphatic carbocycles. The lowest BCUT2D eigenvalue weighted by atomic mass is 10.2. The largest absolute Gasteiger partial charge is 0.491 e. The Morgan fingerprint density at radius 1 is 1.38 bits per heavy atom. The number of benzene rings is 1. The van der Waals surface area contributed by atoms with Gasteiger partial charge in [-0.2, -0.15) is 22.8 Å². The highest BCUT2D eigenvalue weighted by molar-refractivity contribution is 7.10. The third-order valence-electron chi connectivity index (χ3n) is 2.88. The minimum atomic E-state index is -4.41. The van der Waals surface area contributed by atoms with Crippen LogP contribution in [0.5, 0.6) is 5.75 Å². The molecule has 0 spiro atoms. The summed E-state index contributed by atoms with van der Waals surface area (Å²) < 4.78 is 46.3. The molecule has 10 heteroatoms. The van der Waals surface area contributed by atoms with Crippen LogP contribution in [-0.4, -0.2) is 28.7 Å². The van der Waals surface area contributed by atoms with Crippen LogP contribution in [-0.2, 0) is 6.18 Å². The van der Waals surface area contributed by atoms with Crippen LogP contribution in [0.4, 0.5) is 18.2 Å². The minimum Gasteiger partial charge on any atom is -0.491 e. The van der Waals surface area contributed by atoms with E-state index in [2.05, 4.69) is 9.69 Å². The number of nitrogens with one attached hydrogen (secondary N) is 1. The number of hydrogen-bond donors (Lipinski definition) is 2. The van der Waals surface area contributed by atoms with Gasteiger partial charge in [-0.15, -0.1) is 0 Å². The van der Waals surface area contributed by atoms with E-state index < -0.39 is 17.8 Å². The molecule has 2 N–H and O–H groups in total. The van der Waals surface area contributed by atoms with Crippen molar-refractivity contribution in [1.82, 2.24) is 4.37 Å². The zero-order valence-electron chi connectivity index (χ0n) is 12.0.